The Bertz CT molecular complexity index is 929. The van der Waals surface area contributed by atoms with Crippen molar-refractivity contribution in [2.45, 2.75) is 29.3 Å². The number of aromatic amines is 2. The highest BCUT2D eigenvalue weighted by molar-refractivity contribution is 7.99. The van der Waals surface area contributed by atoms with Gasteiger partial charge in [0.1, 0.15) is 23.8 Å². The fourth-order valence-electron chi connectivity index (χ4n) is 2.88. The van der Waals surface area contributed by atoms with Crippen molar-refractivity contribution in [2.75, 3.05) is 5.75 Å². The molecule has 1 aliphatic heterocycles. The maximum Gasteiger partial charge on any atom is 0.279 e. The van der Waals surface area contributed by atoms with Crippen molar-refractivity contribution < 1.29 is 14.9 Å². The molecule has 1 aliphatic rings. The van der Waals surface area contributed by atoms with Crippen molar-refractivity contribution in [1.82, 2.24) is 20.2 Å². The zero-order valence-corrected chi connectivity index (χ0v) is 13.8. The van der Waals surface area contributed by atoms with Crippen molar-refractivity contribution in [3.63, 3.8) is 0 Å². The van der Waals surface area contributed by atoms with Gasteiger partial charge in [-0.25, -0.2) is 4.98 Å². The minimum Gasteiger partial charge on any atom is -0.388 e. The summed E-state index contributed by atoms with van der Waals surface area (Å²) in [4.78, 5) is 19.3. The Hall–Kier alpha value is -2.20. The molecule has 3 heterocycles. The number of nitrogens with zero attached hydrogens (tertiary/aromatic N) is 2. The molecule has 1 fully saturated rings. The molecule has 0 aliphatic carbocycles. The van der Waals surface area contributed by atoms with Crippen molar-refractivity contribution in [3.8, 4) is 0 Å². The number of aliphatic hydroxyl groups is 2. The van der Waals surface area contributed by atoms with Gasteiger partial charge in [0.05, 0.1) is 18.1 Å². The highest BCUT2D eigenvalue weighted by Gasteiger charge is 2.45. The van der Waals surface area contributed by atoms with Crippen LogP contribution in [-0.2, 0) is 4.74 Å². The third-order valence-electron chi connectivity index (χ3n) is 4.18. The Kier molecular flexibility index (Phi) is 4.30. The van der Waals surface area contributed by atoms with E-state index in [0.29, 0.717) is 17.0 Å². The topological polar surface area (TPSA) is 124 Å². The molecule has 0 bridgehead atoms. The second-order valence-corrected chi connectivity index (χ2v) is 6.86. The fraction of sp³-hybridized carbons (Fsp3) is 0.312. The van der Waals surface area contributed by atoms with Crippen LogP contribution >= 0.6 is 11.8 Å². The van der Waals surface area contributed by atoms with Gasteiger partial charge >= 0.3 is 0 Å². The van der Waals surface area contributed by atoms with Gasteiger partial charge in [-0.05, 0) is 12.1 Å². The van der Waals surface area contributed by atoms with Crippen LogP contribution in [0.1, 0.15) is 11.8 Å². The van der Waals surface area contributed by atoms with E-state index in [9.17, 15) is 15.0 Å². The first-order valence-electron chi connectivity index (χ1n) is 7.76. The van der Waals surface area contributed by atoms with Crippen LogP contribution in [0.5, 0.6) is 0 Å². The molecule has 0 saturated carbocycles. The predicted molar refractivity (Wildman–Crippen MR) is 91.3 cm³/mol. The molecular formula is C16H16N4O4S. The van der Waals surface area contributed by atoms with E-state index < -0.39 is 24.4 Å². The smallest absolute Gasteiger partial charge is 0.279 e. The Morgan fingerprint density at radius 1 is 1.16 bits per heavy atom. The van der Waals surface area contributed by atoms with E-state index in [1.807, 2.05) is 30.3 Å². The molecule has 1 saturated heterocycles. The Balaban J connectivity index is 1.55. The first kappa shape index (κ1) is 16.3. The molecule has 1 unspecified atom stereocenters. The largest absolute Gasteiger partial charge is 0.388 e. The van der Waals surface area contributed by atoms with Gasteiger partial charge in [-0.15, -0.1) is 11.8 Å². The van der Waals surface area contributed by atoms with Gasteiger partial charge < -0.3 is 19.9 Å². The SMILES string of the molecule is O=c1[nH]cnc2c(C3O[C@H](CSc4ccccc4)[C@@H](O)[C@H]3O)[nH]nc12. The minimum atomic E-state index is -1.13. The lowest BCUT2D eigenvalue weighted by Gasteiger charge is -2.13. The lowest BCUT2D eigenvalue weighted by Crippen LogP contribution is -2.31. The summed E-state index contributed by atoms with van der Waals surface area (Å²) >= 11 is 1.54. The first-order valence-corrected chi connectivity index (χ1v) is 8.75. The monoisotopic (exact) mass is 360 g/mol. The van der Waals surface area contributed by atoms with Crippen molar-refractivity contribution in [2.24, 2.45) is 0 Å². The Morgan fingerprint density at radius 2 is 1.96 bits per heavy atom. The van der Waals surface area contributed by atoms with E-state index in [1.54, 1.807) is 0 Å². The van der Waals surface area contributed by atoms with Crippen LogP contribution < -0.4 is 5.56 Å². The number of aromatic nitrogens is 4. The van der Waals surface area contributed by atoms with Crippen LogP contribution in [0.3, 0.4) is 0 Å². The van der Waals surface area contributed by atoms with Crippen molar-refractivity contribution in [1.29, 1.82) is 0 Å². The molecule has 9 heteroatoms. The zero-order chi connectivity index (χ0) is 17.4. The van der Waals surface area contributed by atoms with Crippen molar-refractivity contribution >= 4 is 22.8 Å². The predicted octanol–water partition coefficient (Wildman–Crippen LogP) is 0.600. The van der Waals surface area contributed by atoms with Gasteiger partial charge in [-0.3, -0.25) is 9.89 Å². The molecule has 3 aromatic rings. The molecule has 0 spiro atoms. The fourth-order valence-corrected chi connectivity index (χ4v) is 3.86. The lowest BCUT2D eigenvalue weighted by atomic mass is 10.1. The van der Waals surface area contributed by atoms with E-state index >= 15 is 0 Å². The number of aliphatic hydroxyl groups excluding tert-OH is 2. The Morgan fingerprint density at radius 3 is 2.76 bits per heavy atom. The van der Waals surface area contributed by atoms with Gasteiger partial charge in [0.15, 0.2) is 5.52 Å². The number of hydrogen-bond donors (Lipinski definition) is 4. The van der Waals surface area contributed by atoms with E-state index in [4.69, 9.17) is 4.74 Å². The number of thioether (sulfide) groups is 1. The number of rotatable bonds is 4. The molecule has 4 atom stereocenters. The van der Waals surface area contributed by atoms with Crippen LogP contribution in [0.15, 0.2) is 46.3 Å². The number of benzene rings is 1. The first-order chi connectivity index (χ1) is 12.1. The summed E-state index contributed by atoms with van der Waals surface area (Å²) in [7, 11) is 0. The summed E-state index contributed by atoms with van der Waals surface area (Å²) < 4.78 is 5.86. The summed E-state index contributed by atoms with van der Waals surface area (Å²) in [6.45, 7) is 0. The molecule has 130 valence electrons. The number of fused-ring (bicyclic) bond motifs is 1. The maximum atomic E-state index is 11.7. The molecule has 0 amide bonds. The summed E-state index contributed by atoms with van der Waals surface area (Å²) in [6.07, 6.45) is -2.28. The quantitative estimate of drug-likeness (QED) is 0.502. The van der Waals surface area contributed by atoms with Crippen LogP contribution in [0.4, 0.5) is 0 Å². The van der Waals surface area contributed by atoms with Gasteiger partial charge in [0.25, 0.3) is 5.56 Å². The highest BCUT2D eigenvalue weighted by atomic mass is 32.2. The average Bonchev–Trinajstić information content (AvgIpc) is 3.18. The van der Waals surface area contributed by atoms with E-state index in [1.165, 1.54) is 18.1 Å². The average molecular weight is 360 g/mol. The van der Waals surface area contributed by atoms with E-state index in [-0.39, 0.29) is 11.1 Å². The number of H-pyrrole nitrogens is 2. The molecule has 4 rings (SSSR count). The number of nitrogens with one attached hydrogen (secondary N) is 2. The summed E-state index contributed by atoms with van der Waals surface area (Å²) in [5, 5.41) is 27.3. The molecular weight excluding hydrogens is 344 g/mol. The van der Waals surface area contributed by atoms with Gasteiger partial charge in [-0.2, -0.15) is 5.10 Å². The standard InChI is InChI=1S/C16H16N4O4S/c21-13-9(6-25-8-4-2-1-3-5-8)24-15(14(13)22)11-10-12(20-19-11)16(23)18-7-17-10/h1-5,7,9,13-15,21-22H,6H2,(H,19,20)(H,17,18,23)/t9-,13-,14-,15?/m1/s1. The normalized spacial score (nSPS) is 26.3. The molecule has 4 N–H and O–H groups in total. The third-order valence-corrected chi connectivity index (χ3v) is 5.28. The summed E-state index contributed by atoms with van der Waals surface area (Å²) in [5.74, 6) is 0.485. The molecule has 1 aromatic carbocycles. The maximum absolute atomic E-state index is 11.7. The van der Waals surface area contributed by atoms with Crippen LogP contribution in [0.2, 0.25) is 0 Å². The minimum absolute atomic E-state index is 0.143. The van der Waals surface area contributed by atoms with Crippen LogP contribution in [-0.4, -0.2) is 54.4 Å². The third kappa shape index (κ3) is 2.95. The second kappa shape index (κ2) is 6.60. The highest BCUT2D eigenvalue weighted by Crippen LogP contribution is 2.36. The van der Waals surface area contributed by atoms with Gasteiger partial charge in [-0.1, -0.05) is 18.2 Å². The number of hydrogen-bond acceptors (Lipinski definition) is 7. The molecule has 2 aromatic heterocycles. The molecule has 8 nitrogen and oxygen atoms in total. The lowest BCUT2D eigenvalue weighted by molar-refractivity contribution is 0.0146. The summed E-state index contributed by atoms with van der Waals surface area (Å²) in [6, 6.07) is 9.75. The van der Waals surface area contributed by atoms with Crippen molar-refractivity contribution in [3.05, 3.63) is 52.7 Å². The zero-order valence-electron chi connectivity index (χ0n) is 13.0. The molecule has 25 heavy (non-hydrogen) atoms. The second-order valence-electron chi connectivity index (χ2n) is 5.77. The van der Waals surface area contributed by atoms with E-state index in [0.717, 1.165) is 4.90 Å². The van der Waals surface area contributed by atoms with Gasteiger partial charge in [0.2, 0.25) is 0 Å². The van der Waals surface area contributed by atoms with Gasteiger partial charge in [0, 0.05) is 10.6 Å². The number of ether oxygens (including phenoxy) is 1. The summed E-state index contributed by atoms with van der Waals surface area (Å²) in [5.41, 5.74) is 0.484. The van der Waals surface area contributed by atoms with Crippen LogP contribution in [0, 0.1) is 0 Å². The Labute approximate surface area is 146 Å². The van der Waals surface area contributed by atoms with E-state index in [2.05, 4.69) is 20.2 Å². The van der Waals surface area contributed by atoms with Crippen LogP contribution in [0.25, 0.3) is 11.0 Å². The molecule has 0 radical (unpaired) electrons.